The summed E-state index contributed by atoms with van der Waals surface area (Å²) >= 11 is 0. The maximum atomic E-state index is 5.71. The number of hydrogen-bond donors (Lipinski definition) is 2. The summed E-state index contributed by atoms with van der Waals surface area (Å²) in [6.45, 7) is 2.93. The van der Waals surface area contributed by atoms with Gasteiger partial charge in [-0.3, -0.25) is 4.98 Å². The van der Waals surface area contributed by atoms with Gasteiger partial charge in [0.25, 0.3) is 0 Å². The Morgan fingerprint density at radius 2 is 2.14 bits per heavy atom. The van der Waals surface area contributed by atoms with Crippen molar-refractivity contribution in [3.05, 3.63) is 18.1 Å². The van der Waals surface area contributed by atoms with Crippen LogP contribution in [0.5, 0.6) is 0 Å². The van der Waals surface area contributed by atoms with Crippen LogP contribution in [0.2, 0.25) is 0 Å². The van der Waals surface area contributed by atoms with E-state index >= 15 is 0 Å². The van der Waals surface area contributed by atoms with Crippen molar-refractivity contribution in [1.29, 1.82) is 0 Å². The fraction of sp³-hybridized carbons (Fsp3) is 0.600. The second-order valence-corrected chi connectivity index (χ2v) is 3.97. The monoisotopic (exact) mass is 192 g/mol. The first kappa shape index (κ1) is 9.40. The molecule has 4 nitrogen and oxygen atoms in total. The second kappa shape index (κ2) is 3.92. The summed E-state index contributed by atoms with van der Waals surface area (Å²) in [5, 5.41) is 3.31. The third kappa shape index (κ3) is 2.01. The van der Waals surface area contributed by atoms with Crippen LogP contribution in [0, 0.1) is 12.8 Å². The minimum atomic E-state index is 0.421. The van der Waals surface area contributed by atoms with Crippen molar-refractivity contribution in [1.82, 2.24) is 9.97 Å². The normalized spacial score (nSPS) is 25.6. The molecule has 1 aliphatic rings. The first-order chi connectivity index (χ1) is 6.75. The number of aryl methyl sites for hydroxylation is 1. The highest BCUT2D eigenvalue weighted by Gasteiger charge is 2.25. The van der Waals surface area contributed by atoms with Crippen LogP contribution in [-0.2, 0) is 0 Å². The Labute approximate surface area is 83.9 Å². The predicted molar refractivity (Wildman–Crippen MR) is 56.0 cm³/mol. The van der Waals surface area contributed by atoms with Crippen molar-refractivity contribution < 1.29 is 0 Å². The van der Waals surface area contributed by atoms with Crippen LogP contribution >= 0.6 is 0 Å². The Hall–Kier alpha value is -1.16. The zero-order chi connectivity index (χ0) is 9.97. The Morgan fingerprint density at radius 3 is 2.79 bits per heavy atom. The van der Waals surface area contributed by atoms with E-state index in [1.54, 1.807) is 12.4 Å². The quantitative estimate of drug-likeness (QED) is 0.748. The van der Waals surface area contributed by atoms with Gasteiger partial charge in [0.15, 0.2) is 0 Å². The second-order valence-electron chi connectivity index (χ2n) is 3.97. The highest BCUT2D eigenvalue weighted by Crippen LogP contribution is 2.25. The van der Waals surface area contributed by atoms with E-state index in [2.05, 4.69) is 15.3 Å². The molecular formula is C10H16N4. The SMILES string of the molecule is Cc1nccnc1NCC1CC(N)C1. The van der Waals surface area contributed by atoms with Crippen LogP contribution in [0.25, 0.3) is 0 Å². The number of nitrogens with zero attached hydrogens (tertiary/aromatic N) is 2. The Bertz CT molecular complexity index is 307. The van der Waals surface area contributed by atoms with E-state index in [1.807, 2.05) is 6.92 Å². The van der Waals surface area contributed by atoms with Crippen LogP contribution in [0.3, 0.4) is 0 Å². The summed E-state index contributed by atoms with van der Waals surface area (Å²) < 4.78 is 0. The van der Waals surface area contributed by atoms with Gasteiger partial charge in [-0.05, 0) is 25.7 Å². The van der Waals surface area contributed by atoms with Crippen molar-refractivity contribution in [2.45, 2.75) is 25.8 Å². The Balaban J connectivity index is 1.83. The molecule has 0 spiro atoms. The number of nitrogens with two attached hydrogens (primary N) is 1. The first-order valence-electron chi connectivity index (χ1n) is 5.03. The number of anilines is 1. The number of hydrogen-bond acceptors (Lipinski definition) is 4. The van der Waals surface area contributed by atoms with E-state index in [4.69, 9.17) is 5.73 Å². The van der Waals surface area contributed by atoms with Crippen LogP contribution in [-0.4, -0.2) is 22.6 Å². The molecule has 1 aromatic rings. The van der Waals surface area contributed by atoms with E-state index < -0.39 is 0 Å². The van der Waals surface area contributed by atoms with Crippen LogP contribution in [0.4, 0.5) is 5.82 Å². The Morgan fingerprint density at radius 1 is 1.43 bits per heavy atom. The number of rotatable bonds is 3. The van der Waals surface area contributed by atoms with E-state index in [9.17, 15) is 0 Å². The zero-order valence-corrected chi connectivity index (χ0v) is 8.40. The summed E-state index contributed by atoms with van der Waals surface area (Å²) in [4.78, 5) is 8.39. The molecule has 76 valence electrons. The van der Waals surface area contributed by atoms with Crippen molar-refractivity contribution >= 4 is 5.82 Å². The van der Waals surface area contributed by atoms with Gasteiger partial charge >= 0.3 is 0 Å². The van der Waals surface area contributed by atoms with E-state index in [-0.39, 0.29) is 0 Å². The summed E-state index contributed by atoms with van der Waals surface area (Å²) in [7, 11) is 0. The highest BCUT2D eigenvalue weighted by molar-refractivity contribution is 5.38. The van der Waals surface area contributed by atoms with Crippen LogP contribution < -0.4 is 11.1 Å². The van der Waals surface area contributed by atoms with Gasteiger partial charge in [-0.25, -0.2) is 4.98 Å². The van der Waals surface area contributed by atoms with Crippen molar-refractivity contribution in [3.63, 3.8) is 0 Å². The summed E-state index contributed by atoms with van der Waals surface area (Å²) in [5.74, 6) is 1.61. The largest absolute Gasteiger partial charge is 0.368 e. The van der Waals surface area contributed by atoms with Gasteiger partial charge in [0.05, 0.1) is 5.69 Å². The molecule has 0 saturated heterocycles. The van der Waals surface area contributed by atoms with Crippen LogP contribution in [0.1, 0.15) is 18.5 Å². The molecular weight excluding hydrogens is 176 g/mol. The molecule has 1 heterocycles. The molecule has 1 fully saturated rings. The van der Waals surface area contributed by atoms with E-state index in [0.717, 1.165) is 30.9 Å². The molecule has 0 radical (unpaired) electrons. The van der Waals surface area contributed by atoms with Gasteiger partial charge in [0.1, 0.15) is 5.82 Å². The molecule has 1 aliphatic carbocycles. The fourth-order valence-corrected chi connectivity index (χ4v) is 1.78. The van der Waals surface area contributed by atoms with Gasteiger partial charge in [-0.2, -0.15) is 0 Å². The van der Waals surface area contributed by atoms with E-state index in [1.165, 1.54) is 0 Å². The van der Waals surface area contributed by atoms with Crippen molar-refractivity contribution in [2.75, 3.05) is 11.9 Å². The van der Waals surface area contributed by atoms with E-state index in [0.29, 0.717) is 12.0 Å². The first-order valence-corrected chi connectivity index (χ1v) is 5.03. The molecule has 0 bridgehead atoms. The van der Waals surface area contributed by atoms with Gasteiger partial charge in [-0.1, -0.05) is 0 Å². The molecule has 0 unspecified atom stereocenters. The lowest BCUT2D eigenvalue weighted by atomic mass is 9.81. The lowest BCUT2D eigenvalue weighted by molar-refractivity contribution is 0.280. The average Bonchev–Trinajstić information content (AvgIpc) is 2.13. The lowest BCUT2D eigenvalue weighted by Crippen LogP contribution is -2.39. The minimum absolute atomic E-state index is 0.421. The molecule has 0 atom stereocenters. The predicted octanol–water partition coefficient (Wildman–Crippen LogP) is 0.934. The maximum absolute atomic E-state index is 5.71. The number of nitrogens with one attached hydrogen (secondary N) is 1. The molecule has 2 rings (SSSR count). The van der Waals surface area contributed by atoms with Crippen molar-refractivity contribution in [2.24, 2.45) is 11.7 Å². The molecule has 14 heavy (non-hydrogen) atoms. The molecule has 0 aliphatic heterocycles. The molecule has 3 N–H and O–H groups in total. The smallest absolute Gasteiger partial charge is 0.147 e. The third-order valence-electron chi connectivity index (χ3n) is 2.71. The lowest BCUT2D eigenvalue weighted by Gasteiger charge is -2.32. The average molecular weight is 192 g/mol. The molecule has 1 saturated carbocycles. The highest BCUT2D eigenvalue weighted by atomic mass is 15.0. The minimum Gasteiger partial charge on any atom is -0.368 e. The van der Waals surface area contributed by atoms with Gasteiger partial charge < -0.3 is 11.1 Å². The Kier molecular flexibility index (Phi) is 2.63. The van der Waals surface area contributed by atoms with Crippen LogP contribution in [0.15, 0.2) is 12.4 Å². The molecule has 0 amide bonds. The maximum Gasteiger partial charge on any atom is 0.147 e. The molecule has 4 heteroatoms. The van der Waals surface area contributed by atoms with Crippen molar-refractivity contribution in [3.8, 4) is 0 Å². The summed E-state index contributed by atoms with van der Waals surface area (Å²) in [5.41, 5.74) is 6.67. The van der Waals surface area contributed by atoms with Gasteiger partial charge in [-0.15, -0.1) is 0 Å². The topological polar surface area (TPSA) is 63.8 Å². The summed E-state index contributed by atoms with van der Waals surface area (Å²) in [6.07, 6.45) is 5.68. The molecule has 1 aromatic heterocycles. The standard InChI is InChI=1S/C10H16N4/c1-7-10(13-3-2-12-7)14-6-8-4-9(11)5-8/h2-3,8-9H,4-6,11H2,1H3,(H,13,14). The van der Waals surface area contributed by atoms with Gasteiger partial charge in [0, 0.05) is 25.0 Å². The van der Waals surface area contributed by atoms with Gasteiger partial charge in [0.2, 0.25) is 0 Å². The zero-order valence-electron chi connectivity index (χ0n) is 8.40. The number of aromatic nitrogens is 2. The fourth-order valence-electron chi connectivity index (χ4n) is 1.78. The molecule has 0 aromatic carbocycles. The summed E-state index contributed by atoms with van der Waals surface area (Å²) in [6, 6.07) is 0.421. The third-order valence-corrected chi connectivity index (χ3v) is 2.71.